The van der Waals surface area contributed by atoms with Crippen molar-refractivity contribution in [2.45, 2.75) is 0 Å². The molecule has 2 aromatic carbocycles. The number of benzene rings is 2. The third-order valence-corrected chi connectivity index (χ3v) is 4.10. The summed E-state index contributed by atoms with van der Waals surface area (Å²) in [5.74, 6) is 1.51. The molecule has 0 amide bonds. The van der Waals surface area contributed by atoms with Gasteiger partial charge in [-0.05, 0) is 30.3 Å². The molecule has 0 spiro atoms. The predicted octanol–water partition coefficient (Wildman–Crippen LogP) is 3.56. The van der Waals surface area contributed by atoms with Crippen molar-refractivity contribution in [3.05, 3.63) is 36.4 Å². The number of aromatic nitrogens is 1. The van der Waals surface area contributed by atoms with E-state index in [1.807, 2.05) is 36.4 Å². The molecule has 0 radical (unpaired) electrons. The van der Waals surface area contributed by atoms with Crippen LogP contribution in [0, 0.1) is 0 Å². The first kappa shape index (κ1) is 12.7. The number of nitrogens with zero attached hydrogens (tertiary/aromatic N) is 1. The van der Waals surface area contributed by atoms with Gasteiger partial charge in [-0.1, -0.05) is 0 Å². The monoisotopic (exact) mass is 286 g/mol. The molecule has 4 nitrogen and oxygen atoms in total. The Hall–Kier alpha value is -2.27. The first-order valence-electron chi connectivity index (χ1n) is 6.09. The minimum atomic E-state index is 0.745. The summed E-state index contributed by atoms with van der Waals surface area (Å²) < 4.78 is 11.7. The largest absolute Gasteiger partial charge is 0.497 e. The smallest absolute Gasteiger partial charge is 0.132 e. The van der Waals surface area contributed by atoms with Gasteiger partial charge in [0.05, 0.1) is 30.0 Å². The molecule has 1 aromatic heterocycles. The molecule has 0 bridgehead atoms. The summed E-state index contributed by atoms with van der Waals surface area (Å²) in [4.78, 5) is 4.63. The van der Waals surface area contributed by atoms with Crippen LogP contribution in [0.3, 0.4) is 0 Å². The van der Waals surface area contributed by atoms with Gasteiger partial charge in [0.2, 0.25) is 0 Å². The SMILES string of the molecule is COc1ccc(-c2nc3ccc(N)cc3s2)c(OC)c1. The minimum Gasteiger partial charge on any atom is -0.497 e. The van der Waals surface area contributed by atoms with Crippen LogP contribution in [0.5, 0.6) is 11.5 Å². The second-order valence-electron chi connectivity index (χ2n) is 4.31. The lowest BCUT2D eigenvalue weighted by Crippen LogP contribution is -1.89. The van der Waals surface area contributed by atoms with E-state index in [9.17, 15) is 0 Å². The van der Waals surface area contributed by atoms with Crippen LogP contribution in [0.2, 0.25) is 0 Å². The number of ether oxygens (including phenoxy) is 2. The summed E-state index contributed by atoms with van der Waals surface area (Å²) >= 11 is 1.60. The van der Waals surface area contributed by atoms with E-state index >= 15 is 0 Å². The lowest BCUT2D eigenvalue weighted by molar-refractivity contribution is 0.395. The van der Waals surface area contributed by atoms with Gasteiger partial charge < -0.3 is 15.2 Å². The molecule has 0 saturated carbocycles. The second kappa shape index (κ2) is 5.02. The van der Waals surface area contributed by atoms with Gasteiger partial charge in [0.1, 0.15) is 16.5 Å². The van der Waals surface area contributed by atoms with Crippen LogP contribution in [-0.2, 0) is 0 Å². The summed E-state index contributed by atoms with van der Waals surface area (Å²) in [6.07, 6.45) is 0. The van der Waals surface area contributed by atoms with Gasteiger partial charge in [-0.2, -0.15) is 0 Å². The summed E-state index contributed by atoms with van der Waals surface area (Å²) in [5, 5.41) is 0.908. The molecular weight excluding hydrogens is 272 g/mol. The van der Waals surface area contributed by atoms with Crippen LogP contribution in [0.15, 0.2) is 36.4 Å². The number of methoxy groups -OCH3 is 2. The van der Waals surface area contributed by atoms with Crippen LogP contribution >= 0.6 is 11.3 Å². The third-order valence-electron chi connectivity index (χ3n) is 3.05. The maximum absolute atomic E-state index is 5.80. The predicted molar refractivity (Wildman–Crippen MR) is 82.6 cm³/mol. The first-order valence-corrected chi connectivity index (χ1v) is 6.91. The van der Waals surface area contributed by atoms with Crippen LogP contribution in [0.1, 0.15) is 0 Å². The van der Waals surface area contributed by atoms with E-state index in [1.165, 1.54) is 0 Å². The summed E-state index contributed by atoms with van der Waals surface area (Å²) in [7, 11) is 3.28. The van der Waals surface area contributed by atoms with E-state index < -0.39 is 0 Å². The Kier molecular flexibility index (Phi) is 3.20. The van der Waals surface area contributed by atoms with E-state index in [1.54, 1.807) is 25.6 Å². The number of fused-ring (bicyclic) bond motifs is 1. The van der Waals surface area contributed by atoms with E-state index in [4.69, 9.17) is 15.2 Å². The van der Waals surface area contributed by atoms with Crippen molar-refractivity contribution >= 4 is 27.2 Å². The molecule has 0 aliphatic rings. The number of hydrogen-bond donors (Lipinski definition) is 1. The molecular formula is C15H14N2O2S. The molecule has 0 aliphatic carbocycles. The average molecular weight is 286 g/mol. The minimum absolute atomic E-state index is 0.745. The van der Waals surface area contributed by atoms with E-state index in [0.29, 0.717) is 0 Å². The fraction of sp³-hybridized carbons (Fsp3) is 0.133. The number of nitrogens with two attached hydrogens (primary N) is 1. The Balaban J connectivity index is 2.14. The molecule has 102 valence electrons. The van der Waals surface area contributed by atoms with Gasteiger partial charge in [0, 0.05) is 11.8 Å². The zero-order chi connectivity index (χ0) is 14.1. The van der Waals surface area contributed by atoms with Crippen LogP contribution < -0.4 is 15.2 Å². The molecule has 20 heavy (non-hydrogen) atoms. The highest BCUT2D eigenvalue weighted by Crippen LogP contribution is 2.37. The molecule has 2 N–H and O–H groups in total. The lowest BCUT2D eigenvalue weighted by Gasteiger charge is -2.07. The van der Waals surface area contributed by atoms with Crippen molar-refractivity contribution in [2.24, 2.45) is 0 Å². The van der Waals surface area contributed by atoms with E-state index in [2.05, 4.69) is 4.98 Å². The Morgan fingerprint density at radius 1 is 1.05 bits per heavy atom. The van der Waals surface area contributed by atoms with Crippen molar-refractivity contribution in [3.63, 3.8) is 0 Å². The quantitative estimate of drug-likeness (QED) is 0.748. The maximum atomic E-state index is 5.80. The highest BCUT2D eigenvalue weighted by molar-refractivity contribution is 7.21. The number of rotatable bonds is 3. The van der Waals surface area contributed by atoms with Crippen LogP contribution in [0.25, 0.3) is 20.8 Å². The van der Waals surface area contributed by atoms with Crippen molar-refractivity contribution in [1.29, 1.82) is 0 Å². The van der Waals surface area contributed by atoms with Crippen LogP contribution in [0.4, 0.5) is 5.69 Å². The zero-order valence-corrected chi connectivity index (χ0v) is 12.0. The van der Waals surface area contributed by atoms with Gasteiger partial charge in [-0.25, -0.2) is 4.98 Å². The van der Waals surface area contributed by atoms with Crippen molar-refractivity contribution in [2.75, 3.05) is 20.0 Å². The Labute approximate surface area is 120 Å². The van der Waals surface area contributed by atoms with E-state index in [0.717, 1.165) is 38.0 Å². The van der Waals surface area contributed by atoms with Crippen LogP contribution in [-0.4, -0.2) is 19.2 Å². The summed E-state index contributed by atoms with van der Waals surface area (Å²) in [6, 6.07) is 11.4. The zero-order valence-electron chi connectivity index (χ0n) is 11.2. The number of nitrogen functional groups attached to an aromatic ring is 1. The average Bonchev–Trinajstić information content (AvgIpc) is 2.89. The van der Waals surface area contributed by atoms with Gasteiger partial charge in [0.15, 0.2) is 0 Å². The van der Waals surface area contributed by atoms with Crippen molar-refractivity contribution in [3.8, 4) is 22.1 Å². The maximum Gasteiger partial charge on any atom is 0.132 e. The van der Waals surface area contributed by atoms with Gasteiger partial charge in [-0.15, -0.1) is 11.3 Å². The first-order chi connectivity index (χ1) is 9.71. The molecule has 0 unspecified atom stereocenters. The van der Waals surface area contributed by atoms with Crippen molar-refractivity contribution in [1.82, 2.24) is 4.98 Å². The number of anilines is 1. The molecule has 0 fully saturated rings. The number of hydrogen-bond acceptors (Lipinski definition) is 5. The normalized spacial score (nSPS) is 10.7. The Bertz CT molecular complexity index is 768. The molecule has 0 aliphatic heterocycles. The number of thiazole rings is 1. The highest BCUT2D eigenvalue weighted by atomic mass is 32.1. The standard InChI is InChI=1S/C15H14N2O2S/c1-18-10-4-5-11(13(8-10)19-2)15-17-12-6-3-9(16)7-14(12)20-15/h3-8H,16H2,1-2H3. The molecule has 1 heterocycles. The molecule has 3 rings (SSSR count). The molecule has 5 heteroatoms. The second-order valence-corrected chi connectivity index (χ2v) is 5.34. The van der Waals surface area contributed by atoms with Gasteiger partial charge >= 0.3 is 0 Å². The molecule has 0 saturated heterocycles. The fourth-order valence-corrected chi connectivity index (χ4v) is 3.08. The molecule has 0 atom stereocenters. The topological polar surface area (TPSA) is 57.4 Å². The lowest BCUT2D eigenvalue weighted by atomic mass is 10.2. The summed E-state index contributed by atoms with van der Waals surface area (Å²) in [5.41, 5.74) is 8.44. The van der Waals surface area contributed by atoms with Crippen molar-refractivity contribution < 1.29 is 9.47 Å². The Morgan fingerprint density at radius 2 is 1.90 bits per heavy atom. The fourth-order valence-electron chi connectivity index (χ4n) is 2.03. The third kappa shape index (κ3) is 2.16. The molecule has 3 aromatic rings. The Morgan fingerprint density at radius 3 is 2.65 bits per heavy atom. The van der Waals surface area contributed by atoms with E-state index in [-0.39, 0.29) is 0 Å². The summed E-state index contributed by atoms with van der Waals surface area (Å²) in [6.45, 7) is 0. The van der Waals surface area contributed by atoms with Gasteiger partial charge in [0.25, 0.3) is 0 Å². The highest BCUT2D eigenvalue weighted by Gasteiger charge is 2.12. The van der Waals surface area contributed by atoms with Gasteiger partial charge in [-0.3, -0.25) is 0 Å².